The lowest BCUT2D eigenvalue weighted by Crippen LogP contribution is -2.03. The molecule has 16 heavy (non-hydrogen) atoms. The van der Waals surface area contributed by atoms with Crippen LogP contribution in [-0.2, 0) is 6.18 Å². The van der Waals surface area contributed by atoms with Crippen LogP contribution >= 0.6 is 11.3 Å². The summed E-state index contributed by atoms with van der Waals surface area (Å²) >= 11 is 1.21. The third-order valence-electron chi connectivity index (χ3n) is 2.38. The van der Waals surface area contributed by atoms with E-state index in [4.69, 9.17) is 0 Å². The van der Waals surface area contributed by atoms with Crippen molar-refractivity contribution in [2.75, 3.05) is 0 Å². The van der Waals surface area contributed by atoms with Crippen LogP contribution in [0.15, 0.2) is 23.6 Å². The molecule has 2 aromatic rings. The molecule has 1 aromatic carbocycles. The zero-order valence-corrected chi connectivity index (χ0v) is 9.19. The van der Waals surface area contributed by atoms with Crippen molar-refractivity contribution in [3.8, 4) is 0 Å². The summed E-state index contributed by atoms with van der Waals surface area (Å²) < 4.78 is 37.9. The third kappa shape index (κ3) is 1.92. The molecule has 0 aliphatic heterocycles. The Balaban J connectivity index is 2.58. The second-order valence-corrected chi connectivity index (χ2v) is 4.49. The summed E-state index contributed by atoms with van der Waals surface area (Å²) in [5, 5.41) is 11.8. The van der Waals surface area contributed by atoms with Crippen LogP contribution in [0.4, 0.5) is 13.2 Å². The molecule has 1 unspecified atom stereocenters. The number of hydrogen-bond donors (Lipinski definition) is 1. The van der Waals surface area contributed by atoms with Gasteiger partial charge in [-0.15, -0.1) is 11.3 Å². The second-order valence-electron chi connectivity index (χ2n) is 3.58. The summed E-state index contributed by atoms with van der Waals surface area (Å²) in [4.78, 5) is 0. The quantitative estimate of drug-likeness (QED) is 0.807. The van der Waals surface area contributed by atoms with Gasteiger partial charge in [0.15, 0.2) is 0 Å². The van der Waals surface area contributed by atoms with Gasteiger partial charge in [-0.2, -0.15) is 13.2 Å². The topological polar surface area (TPSA) is 20.2 Å². The van der Waals surface area contributed by atoms with E-state index in [9.17, 15) is 18.3 Å². The first-order valence-corrected chi connectivity index (χ1v) is 5.54. The Labute approximate surface area is 94.1 Å². The minimum Gasteiger partial charge on any atom is -0.389 e. The number of alkyl halides is 3. The van der Waals surface area contributed by atoms with Crippen molar-refractivity contribution in [1.29, 1.82) is 0 Å². The van der Waals surface area contributed by atoms with E-state index in [2.05, 4.69) is 0 Å². The molecule has 5 heteroatoms. The van der Waals surface area contributed by atoms with Crippen LogP contribution < -0.4 is 0 Å². The zero-order chi connectivity index (χ0) is 11.9. The lowest BCUT2D eigenvalue weighted by molar-refractivity contribution is -0.137. The Morgan fingerprint density at radius 1 is 1.31 bits per heavy atom. The Hall–Kier alpha value is -1.07. The molecule has 0 aliphatic carbocycles. The van der Waals surface area contributed by atoms with Gasteiger partial charge in [0.1, 0.15) is 0 Å². The SMILES string of the molecule is CC(O)c1csc2cc(C(F)(F)F)ccc12. The maximum atomic E-state index is 12.4. The van der Waals surface area contributed by atoms with Gasteiger partial charge in [0.25, 0.3) is 0 Å². The molecule has 0 saturated carbocycles. The molecule has 1 N–H and O–H groups in total. The van der Waals surface area contributed by atoms with Gasteiger partial charge < -0.3 is 5.11 Å². The molecule has 0 amide bonds. The van der Waals surface area contributed by atoms with Gasteiger partial charge in [0, 0.05) is 4.70 Å². The summed E-state index contributed by atoms with van der Waals surface area (Å²) in [7, 11) is 0. The van der Waals surface area contributed by atoms with Crippen molar-refractivity contribution in [3.05, 3.63) is 34.7 Å². The predicted octanol–water partition coefficient (Wildman–Crippen LogP) is 3.97. The highest BCUT2D eigenvalue weighted by atomic mass is 32.1. The molecule has 1 aromatic heterocycles. The largest absolute Gasteiger partial charge is 0.416 e. The number of aliphatic hydroxyl groups is 1. The zero-order valence-electron chi connectivity index (χ0n) is 8.38. The molecule has 0 radical (unpaired) electrons. The summed E-state index contributed by atoms with van der Waals surface area (Å²) in [6.07, 6.45) is -4.98. The van der Waals surface area contributed by atoms with Gasteiger partial charge in [-0.05, 0) is 35.4 Å². The van der Waals surface area contributed by atoms with Crippen molar-refractivity contribution in [1.82, 2.24) is 0 Å². The van der Waals surface area contributed by atoms with Crippen molar-refractivity contribution >= 4 is 21.4 Å². The third-order valence-corrected chi connectivity index (χ3v) is 3.35. The average Bonchev–Trinajstić information content (AvgIpc) is 2.58. The number of aliphatic hydroxyl groups excluding tert-OH is 1. The summed E-state index contributed by atoms with van der Waals surface area (Å²) in [6.45, 7) is 1.60. The number of fused-ring (bicyclic) bond motifs is 1. The standard InChI is InChI=1S/C11H9F3OS/c1-6(15)9-5-16-10-4-7(11(12,13)14)2-3-8(9)10/h2-6,15H,1H3. The molecule has 1 atom stereocenters. The van der Waals surface area contributed by atoms with Crippen molar-refractivity contribution < 1.29 is 18.3 Å². The predicted molar refractivity (Wildman–Crippen MR) is 57.5 cm³/mol. The Bertz CT molecular complexity index is 513. The molecule has 0 aliphatic rings. The van der Waals surface area contributed by atoms with Crippen molar-refractivity contribution in [2.45, 2.75) is 19.2 Å². The van der Waals surface area contributed by atoms with Crippen LogP contribution in [0.1, 0.15) is 24.2 Å². The maximum Gasteiger partial charge on any atom is 0.416 e. The van der Waals surface area contributed by atoms with Crippen LogP contribution in [-0.4, -0.2) is 5.11 Å². The van der Waals surface area contributed by atoms with Crippen LogP contribution in [0.25, 0.3) is 10.1 Å². The minimum absolute atomic E-state index is 0.547. The number of thiophene rings is 1. The van der Waals surface area contributed by atoms with E-state index in [1.54, 1.807) is 12.3 Å². The minimum atomic E-state index is -4.32. The molecule has 1 nitrogen and oxygen atoms in total. The van der Waals surface area contributed by atoms with Gasteiger partial charge in [-0.3, -0.25) is 0 Å². The molecule has 0 fully saturated rings. The van der Waals surface area contributed by atoms with E-state index in [0.717, 1.165) is 12.1 Å². The van der Waals surface area contributed by atoms with Crippen molar-refractivity contribution in [3.63, 3.8) is 0 Å². The summed E-state index contributed by atoms with van der Waals surface area (Å²) in [5.41, 5.74) is 0.0210. The molecular weight excluding hydrogens is 237 g/mol. The number of hydrogen-bond acceptors (Lipinski definition) is 2. The van der Waals surface area contributed by atoms with E-state index in [-0.39, 0.29) is 0 Å². The number of rotatable bonds is 1. The first-order valence-electron chi connectivity index (χ1n) is 4.66. The van der Waals surface area contributed by atoms with Crippen LogP contribution in [0.3, 0.4) is 0 Å². The van der Waals surface area contributed by atoms with E-state index in [1.807, 2.05) is 0 Å². The first-order chi connectivity index (χ1) is 7.39. The van der Waals surface area contributed by atoms with E-state index in [1.165, 1.54) is 17.4 Å². The fourth-order valence-electron chi connectivity index (χ4n) is 1.55. The van der Waals surface area contributed by atoms with E-state index >= 15 is 0 Å². The van der Waals surface area contributed by atoms with Gasteiger partial charge in [0.05, 0.1) is 11.7 Å². The van der Waals surface area contributed by atoms with Crippen molar-refractivity contribution in [2.24, 2.45) is 0 Å². The summed E-state index contributed by atoms with van der Waals surface area (Å²) in [5.74, 6) is 0. The Kier molecular flexibility index (Phi) is 2.67. The van der Waals surface area contributed by atoms with Gasteiger partial charge >= 0.3 is 6.18 Å². The van der Waals surface area contributed by atoms with Gasteiger partial charge in [0.2, 0.25) is 0 Å². The van der Waals surface area contributed by atoms with E-state index < -0.39 is 17.8 Å². The number of benzene rings is 1. The molecule has 2 rings (SSSR count). The average molecular weight is 246 g/mol. The lowest BCUT2D eigenvalue weighted by Gasteiger charge is -2.07. The van der Waals surface area contributed by atoms with Gasteiger partial charge in [-0.1, -0.05) is 6.07 Å². The molecule has 0 bridgehead atoms. The first kappa shape index (κ1) is 11.4. The van der Waals surface area contributed by atoms with Gasteiger partial charge in [-0.25, -0.2) is 0 Å². The molecule has 0 saturated heterocycles. The Morgan fingerprint density at radius 2 is 2.00 bits per heavy atom. The highest BCUT2D eigenvalue weighted by molar-refractivity contribution is 7.17. The molecule has 1 heterocycles. The van der Waals surface area contributed by atoms with Crippen LogP contribution in [0.5, 0.6) is 0 Å². The maximum absolute atomic E-state index is 12.4. The molecular formula is C11H9F3OS. The molecule has 86 valence electrons. The highest BCUT2D eigenvalue weighted by Crippen LogP contribution is 2.36. The Morgan fingerprint density at radius 3 is 2.56 bits per heavy atom. The van der Waals surface area contributed by atoms with Crippen LogP contribution in [0.2, 0.25) is 0 Å². The normalized spacial score (nSPS) is 14.3. The fraction of sp³-hybridized carbons (Fsp3) is 0.273. The summed E-state index contributed by atoms with van der Waals surface area (Å²) in [6, 6.07) is 3.57. The second kappa shape index (κ2) is 3.75. The smallest absolute Gasteiger partial charge is 0.389 e. The van der Waals surface area contributed by atoms with E-state index in [0.29, 0.717) is 15.6 Å². The highest BCUT2D eigenvalue weighted by Gasteiger charge is 2.30. The lowest BCUT2D eigenvalue weighted by atomic mass is 10.1. The molecule has 0 spiro atoms. The van der Waals surface area contributed by atoms with Crippen LogP contribution in [0, 0.1) is 0 Å². The monoisotopic (exact) mass is 246 g/mol. The number of halogens is 3. The fourth-order valence-corrected chi connectivity index (χ4v) is 2.63.